The Morgan fingerprint density at radius 2 is 2.05 bits per heavy atom. The van der Waals surface area contributed by atoms with E-state index in [1.165, 1.54) is 18.2 Å². The van der Waals surface area contributed by atoms with Crippen LogP contribution in [0.25, 0.3) is 5.69 Å². The molecule has 0 atom stereocenters. The highest BCUT2D eigenvalue weighted by molar-refractivity contribution is 6.34. The van der Waals surface area contributed by atoms with Gasteiger partial charge in [0.25, 0.3) is 0 Å². The van der Waals surface area contributed by atoms with Gasteiger partial charge in [0.2, 0.25) is 0 Å². The van der Waals surface area contributed by atoms with E-state index in [1.807, 2.05) is 0 Å². The summed E-state index contributed by atoms with van der Waals surface area (Å²) >= 11 is 5.91. The Hall–Kier alpha value is -2.22. The Bertz CT molecular complexity index is 666. The Morgan fingerprint density at radius 3 is 2.55 bits per heavy atom. The first-order chi connectivity index (χ1) is 9.32. The van der Waals surface area contributed by atoms with Crippen LogP contribution in [0.2, 0.25) is 5.02 Å². The van der Waals surface area contributed by atoms with E-state index in [4.69, 9.17) is 22.5 Å². The molecule has 2 rings (SSSR count). The largest absolute Gasteiger partial charge is 0.435 e. The average molecular weight is 305 g/mol. The molecule has 0 radical (unpaired) electrons. The van der Waals surface area contributed by atoms with Gasteiger partial charge in [-0.2, -0.15) is 18.3 Å². The van der Waals surface area contributed by atoms with Gasteiger partial charge in [-0.3, -0.25) is 0 Å². The summed E-state index contributed by atoms with van der Waals surface area (Å²) in [5.74, 6) is -0.196. The first kappa shape index (κ1) is 14.2. The van der Waals surface area contributed by atoms with Gasteiger partial charge in [0.05, 0.1) is 10.7 Å². The Labute approximate surface area is 116 Å². The van der Waals surface area contributed by atoms with E-state index in [1.54, 1.807) is 0 Å². The summed E-state index contributed by atoms with van der Waals surface area (Å²) in [4.78, 5) is 0. The Balaban J connectivity index is 2.40. The van der Waals surface area contributed by atoms with Gasteiger partial charge in [0.15, 0.2) is 11.5 Å². The second-order valence-electron chi connectivity index (χ2n) is 3.79. The number of nitrogens with zero attached hydrogens (tertiary/aromatic N) is 3. The van der Waals surface area contributed by atoms with Gasteiger partial charge in [0, 0.05) is 11.8 Å². The fraction of sp³-hybridized carbons (Fsp3) is 0.0909. The first-order valence-electron chi connectivity index (χ1n) is 5.23. The summed E-state index contributed by atoms with van der Waals surface area (Å²) in [5.41, 5.74) is 4.97. The minimum atomic E-state index is -4.51. The van der Waals surface area contributed by atoms with Crippen LogP contribution < -0.4 is 5.73 Å². The molecule has 0 saturated heterocycles. The highest BCUT2D eigenvalue weighted by Gasteiger charge is 2.33. The van der Waals surface area contributed by atoms with E-state index >= 15 is 0 Å². The second-order valence-corrected chi connectivity index (χ2v) is 4.20. The lowest BCUT2D eigenvalue weighted by molar-refractivity contribution is -0.141. The standard InChI is InChI=1S/C11H8ClF3N4O/c12-8-5-6(1-2-7(8)10(16)18-20)19-4-3-9(17-19)11(13,14)15/h1-5,20H,(H2,16,18). The van der Waals surface area contributed by atoms with Gasteiger partial charge in [-0.1, -0.05) is 16.8 Å². The normalized spacial score (nSPS) is 12.7. The summed E-state index contributed by atoms with van der Waals surface area (Å²) in [7, 11) is 0. The van der Waals surface area contributed by atoms with Crippen molar-refractivity contribution in [2.24, 2.45) is 10.9 Å². The average Bonchev–Trinajstić information content (AvgIpc) is 2.87. The van der Waals surface area contributed by atoms with E-state index in [9.17, 15) is 13.2 Å². The summed E-state index contributed by atoms with van der Waals surface area (Å²) in [6.45, 7) is 0. The van der Waals surface area contributed by atoms with Crippen molar-refractivity contribution in [3.63, 3.8) is 0 Å². The van der Waals surface area contributed by atoms with Crippen LogP contribution in [0.1, 0.15) is 11.3 Å². The minimum absolute atomic E-state index is 0.127. The molecule has 1 aromatic heterocycles. The smallest absolute Gasteiger partial charge is 0.409 e. The van der Waals surface area contributed by atoms with Crippen molar-refractivity contribution in [3.05, 3.63) is 46.7 Å². The lowest BCUT2D eigenvalue weighted by Crippen LogP contribution is -2.14. The number of hydrogen-bond donors (Lipinski definition) is 2. The lowest BCUT2D eigenvalue weighted by atomic mass is 10.2. The number of aromatic nitrogens is 2. The van der Waals surface area contributed by atoms with Gasteiger partial charge in [-0.15, -0.1) is 0 Å². The van der Waals surface area contributed by atoms with Crippen molar-refractivity contribution in [2.45, 2.75) is 6.18 Å². The fourth-order valence-electron chi connectivity index (χ4n) is 1.53. The quantitative estimate of drug-likeness (QED) is 0.387. The van der Waals surface area contributed by atoms with Crippen LogP contribution in [0.4, 0.5) is 13.2 Å². The maximum atomic E-state index is 12.5. The summed E-state index contributed by atoms with van der Waals surface area (Å²) < 4.78 is 38.4. The zero-order valence-electron chi connectivity index (χ0n) is 9.76. The number of benzene rings is 1. The van der Waals surface area contributed by atoms with Gasteiger partial charge in [-0.25, -0.2) is 4.68 Å². The highest BCUT2D eigenvalue weighted by Crippen LogP contribution is 2.28. The number of amidine groups is 1. The predicted molar refractivity (Wildman–Crippen MR) is 66.1 cm³/mol. The maximum absolute atomic E-state index is 12.5. The van der Waals surface area contributed by atoms with Crippen LogP contribution >= 0.6 is 11.6 Å². The highest BCUT2D eigenvalue weighted by atomic mass is 35.5. The molecule has 106 valence electrons. The summed E-state index contributed by atoms with van der Waals surface area (Å²) in [6.07, 6.45) is -3.35. The molecule has 2 aromatic rings. The summed E-state index contributed by atoms with van der Waals surface area (Å²) in [5, 5.41) is 14.9. The number of halogens is 4. The topological polar surface area (TPSA) is 76.4 Å². The van der Waals surface area contributed by atoms with Crippen LogP contribution in [-0.4, -0.2) is 20.8 Å². The van der Waals surface area contributed by atoms with Crippen LogP contribution in [0, 0.1) is 0 Å². The second kappa shape index (κ2) is 5.04. The van der Waals surface area contributed by atoms with Gasteiger partial charge in [-0.05, 0) is 24.3 Å². The first-order valence-corrected chi connectivity index (χ1v) is 5.61. The zero-order valence-corrected chi connectivity index (χ0v) is 10.5. The molecule has 0 unspecified atom stereocenters. The molecule has 1 heterocycles. The number of alkyl halides is 3. The zero-order chi connectivity index (χ0) is 14.9. The van der Waals surface area contributed by atoms with Crippen LogP contribution in [0.15, 0.2) is 35.6 Å². The number of oxime groups is 1. The van der Waals surface area contributed by atoms with Gasteiger partial charge in [0.1, 0.15) is 0 Å². The molecule has 0 spiro atoms. The lowest BCUT2D eigenvalue weighted by Gasteiger charge is -2.06. The third kappa shape index (κ3) is 2.69. The molecule has 0 saturated carbocycles. The number of hydrogen-bond acceptors (Lipinski definition) is 3. The van der Waals surface area contributed by atoms with Crippen LogP contribution in [0.5, 0.6) is 0 Å². The molecule has 0 aliphatic heterocycles. The molecule has 0 fully saturated rings. The van der Waals surface area contributed by atoms with E-state index in [-0.39, 0.29) is 16.4 Å². The number of rotatable bonds is 2. The van der Waals surface area contributed by atoms with E-state index in [0.717, 1.165) is 16.9 Å². The molecular weight excluding hydrogens is 297 g/mol. The Kier molecular flexibility index (Phi) is 3.58. The molecule has 1 aromatic carbocycles. The van der Waals surface area contributed by atoms with E-state index in [2.05, 4.69) is 10.3 Å². The number of nitrogens with two attached hydrogens (primary N) is 1. The van der Waals surface area contributed by atoms with Crippen LogP contribution in [0.3, 0.4) is 0 Å². The molecular formula is C11H8ClF3N4O. The van der Waals surface area contributed by atoms with Crippen LogP contribution in [-0.2, 0) is 6.18 Å². The SMILES string of the molecule is NC(=NO)c1ccc(-n2ccc(C(F)(F)F)n2)cc1Cl. The minimum Gasteiger partial charge on any atom is -0.409 e. The van der Waals surface area contributed by atoms with Crippen molar-refractivity contribution >= 4 is 17.4 Å². The van der Waals surface area contributed by atoms with Crippen molar-refractivity contribution < 1.29 is 18.4 Å². The van der Waals surface area contributed by atoms with Crippen molar-refractivity contribution in [1.82, 2.24) is 9.78 Å². The Morgan fingerprint density at radius 1 is 1.35 bits per heavy atom. The maximum Gasteiger partial charge on any atom is 0.435 e. The molecule has 5 nitrogen and oxygen atoms in total. The molecule has 0 bridgehead atoms. The van der Waals surface area contributed by atoms with E-state index < -0.39 is 11.9 Å². The fourth-order valence-corrected chi connectivity index (χ4v) is 1.80. The van der Waals surface area contributed by atoms with Gasteiger partial charge >= 0.3 is 6.18 Å². The molecule has 20 heavy (non-hydrogen) atoms. The molecule has 9 heteroatoms. The molecule has 0 amide bonds. The van der Waals surface area contributed by atoms with E-state index in [0.29, 0.717) is 5.69 Å². The third-order valence-electron chi connectivity index (χ3n) is 2.48. The monoisotopic (exact) mass is 304 g/mol. The van der Waals surface area contributed by atoms with Crippen molar-refractivity contribution in [1.29, 1.82) is 0 Å². The predicted octanol–water partition coefficient (Wildman–Crippen LogP) is 2.64. The van der Waals surface area contributed by atoms with Crippen molar-refractivity contribution in [3.8, 4) is 5.69 Å². The molecule has 3 N–H and O–H groups in total. The van der Waals surface area contributed by atoms with Crippen molar-refractivity contribution in [2.75, 3.05) is 0 Å². The molecule has 0 aliphatic rings. The molecule has 0 aliphatic carbocycles. The van der Waals surface area contributed by atoms with Gasteiger partial charge < -0.3 is 10.9 Å². The third-order valence-corrected chi connectivity index (χ3v) is 2.79. The summed E-state index contributed by atoms with van der Waals surface area (Å²) in [6, 6.07) is 5.08.